The molecule has 1 N–H and O–H groups in total. The van der Waals surface area contributed by atoms with Crippen LogP contribution in [0.4, 0.5) is 13.2 Å². The van der Waals surface area contributed by atoms with Gasteiger partial charge in [-0.3, -0.25) is 0 Å². The number of nitrogens with zero attached hydrogens (tertiary/aromatic N) is 1. The molecule has 0 aliphatic carbocycles. The molecule has 178 valence electrons. The molecule has 2 aromatic rings. The van der Waals surface area contributed by atoms with Crippen LogP contribution in [0, 0.1) is 0 Å². The summed E-state index contributed by atoms with van der Waals surface area (Å²) >= 11 is 12.0. The van der Waals surface area contributed by atoms with Crippen molar-refractivity contribution in [3.05, 3.63) is 51.9 Å². The molecule has 0 bridgehead atoms. The molecule has 0 aliphatic heterocycles. The van der Waals surface area contributed by atoms with Gasteiger partial charge in [-0.1, -0.05) is 36.2 Å². The van der Waals surface area contributed by atoms with Gasteiger partial charge in [0, 0.05) is 6.54 Å². The number of aliphatic carboxylic acids is 1. The van der Waals surface area contributed by atoms with Crippen molar-refractivity contribution in [2.75, 3.05) is 13.2 Å². The third-order valence-electron chi connectivity index (χ3n) is 3.61. The Morgan fingerprint density at radius 1 is 1.19 bits per heavy atom. The van der Waals surface area contributed by atoms with E-state index in [1.807, 2.05) is 0 Å². The first-order chi connectivity index (χ1) is 14.7. The lowest BCUT2D eigenvalue weighted by Crippen LogP contribution is -2.30. The summed E-state index contributed by atoms with van der Waals surface area (Å²) in [6, 6.07) is 5.93. The zero-order valence-corrected chi connectivity index (χ0v) is 19.0. The van der Waals surface area contributed by atoms with Crippen molar-refractivity contribution in [2.45, 2.75) is 31.5 Å². The van der Waals surface area contributed by atoms with Crippen LogP contribution in [0.1, 0.15) is 30.0 Å². The van der Waals surface area contributed by atoms with E-state index in [-0.39, 0.29) is 40.2 Å². The van der Waals surface area contributed by atoms with E-state index in [1.165, 1.54) is 24.5 Å². The number of sulfonamides is 1. The normalized spacial score (nSPS) is 11.6. The molecule has 2 rings (SSSR count). The van der Waals surface area contributed by atoms with Crippen LogP contribution in [0.2, 0.25) is 10.0 Å². The van der Waals surface area contributed by atoms with E-state index in [0.29, 0.717) is 5.76 Å². The van der Waals surface area contributed by atoms with E-state index < -0.39 is 28.1 Å². The minimum Gasteiger partial charge on any atom is -0.475 e. The van der Waals surface area contributed by atoms with Gasteiger partial charge in [-0.15, -0.1) is 0 Å². The van der Waals surface area contributed by atoms with Crippen LogP contribution < -0.4 is 0 Å². The number of carbonyl (C=O) groups is 2. The van der Waals surface area contributed by atoms with Gasteiger partial charge in [0.15, 0.2) is 0 Å². The van der Waals surface area contributed by atoms with Gasteiger partial charge >= 0.3 is 18.1 Å². The molecule has 0 fully saturated rings. The topological polar surface area (TPSA) is 114 Å². The van der Waals surface area contributed by atoms with E-state index in [0.717, 1.165) is 4.31 Å². The molecule has 8 nitrogen and oxygen atoms in total. The van der Waals surface area contributed by atoms with Gasteiger partial charge in [0.2, 0.25) is 10.0 Å². The monoisotopic (exact) mass is 519 g/mol. The van der Waals surface area contributed by atoms with Crippen molar-refractivity contribution >= 4 is 45.2 Å². The summed E-state index contributed by atoms with van der Waals surface area (Å²) in [5.41, 5.74) is 0.223. The average Bonchev–Trinajstić information content (AvgIpc) is 3.14. The molecular weight excluding hydrogens is 502 g/mol. The molecule has 0 aliphatic rings. The fraction of sp³-hybridized carbons (Fsp3) is 0.333. The Hall–Kier alpha value is -2.28. The largest absolute Gasteiger partial charge is 0.490 e. The van der Waals surface area contributed by atoms with Crippen molar-refractivity contribution in [3.8, 4) is 0 Å². The van der Waals surface area contributed by atoms with Gasteiger partial charge in [-0.25, -0.2) is 18.0 Å². The van der Waals surface area contributed by atoms with Gasteiger partial charge in [0.25, 0.3) is 0 Å². The lowest BCUT2D eigenvalue weighted by atomic mass is 10.3. The third-order valence-corrected chi connectivity index (χ3v) is 6.49. The highest BCUT2D eigenvalue weighted by Gasteiger charge is 2.38. The van der Waals surface area contributed by atoms with Gasteiger partial charge < -0.3 is 14.3 Å². The second-order valence-corrected chi connectivity index (χ2v) is 8.50. The van der Waals surface area contributed by atoms with Crippen LogP contribution in [-0.4, -0.2) is 49.1 Å². The van der Waals surface area contributed by atoms with Crippen LogP contribution in [0.15, 0.2) is 39.8 Å². The number of hydrogen-bond acceptors (Lipinski definition) is 6. The highest BCUT2D eigenvalue weighted by Crippen LogP contribution is 2.32. The molecule has 14 heteroatoms. The number of alkyl halides is 3. The minimum atomic E-state index is -5.08. The van der Waals surface area contributed by atoms with Gasteiger partial charge in [0.05, 0.1) is 28.8 Å². The highest BCUT2D eigenvalue weighted by atomic mass is 35.5. The maximum absolute atomic E-state index is 12.9. The Morgan fingerprint density at radius 3 is 2.16 bits per heavy atom. The minimum absolute atomic E-state index is 0.0395. The standard InChI is InChI=1S/C16H17Cl2NO5S.C2HF3O2/c1-3-19(9-12-8-11(10-24-12)16(20)23-4-2)25(21,22)15-13(17)6-5-7-14(15)18;3-2(4,5)1(6)7/h5-8,10H,3-4,9H2,1-2H3;(H,6,7). The summed E-state index contributed by atoms with van der Waals surface area (Å²) in [5.74, 6) is -2.98. The van der Waals surface area contributed by atoms with Crippen molar-refractivity contribution < 1.29 is 45.4 Å². The second-order valence-electron chi connectivity index (χ2n) is 5.81. The Labute approximate surface area is 191 Å². The number of hydrogen-bond donors (Lipinski definition) is 1. The number of carboxylic acid groups (broad SMARTS) is 1. The number of rotatable bonds is 7. The van der Waals surface area contributed by atoms with Gasteiger partial charge in [-0.05, 0) is 25.1 Å². The maximum Gasteiger partial charge on any atom is 0.490 e. The first-order valence-corrected chi connectivity index (χ1v) is 10.9. The number of halogens is 5. The van der Waals surface area contributed by atoms with Crippen molar-refractivity contribution in [2.24, 2.45) is 0 Å². The SMILES string of the molecule is CCOC(=O)c1coc(CN(CC)S(=O)(=O)c2c(Cl)cccc2Cl)c1.O=C(O)C(F)(F)F. The van der Waals surface area contributed by atoms with Crippen LogP contribution >= 0.6 is 23.2 Å². The van der Waals surface area contributed by atoms with E-state index in [9.17, 15) is 26.4 Å². The molecule has 32 heavy (non-hydrogen) atoms. The predicted octanol–water partition coefficient (Wildman–Crippen LogP) is 4.61. The number of carboxylic acids is 1. The van der Waals surface area contributed by atoms with Gasteiger partial charge in [-0.2, -0.15) is 17.5 Å². The first-order valence-electron chi connectivity index (χ1n) is 8.74. The molecule has 0 radical (unpaired) electrons. The Morgan fingerprint density at radius 2 is 1.72 bits per heavy atom. The second kappa shape index (κ2) is 11.5. The van der Waals surface area contributed by atoms with Crippen molar-refractivity contribution in [3.63, 3.8) is 0 Å². The fourth-order valence-corrected chi connectivity index (χ4v) is 4.69. The zero-order valence-electron chi connectivity index (χ0n) is 16.7. The lowest BCUT2D eigenvalue weighted by Gasteiger charge is -2.20. The van der Waals surface area contributed by atoms with Crippen molar-refractivity contribution in [1.29, 1.82) is 0 Å². The van der Waals surface area contributed by atoms with Crippen LogP contribution in [0.25, 0.3) is 0 Å². The molecule has 0 atom stereocenters. The van der Waals surface area contributed by atoms with Crippen LogP contribution in [0.3, 0.4) is 0 Å². The number of ether oxygens (including phenoxy) is 1. The zero-order chi connectivity index (χ0) is 24.7. The van der Waals surface area contributed by atoms with Crippen LogP contribution in [-0.2, 0) is 26.1 Å². The highest BCUT2D eigenvalue weighted by molar-refractivity contribution is 7.89. The van der Waals surface area contributed by atoms with E-state index in [1.54, 1.807) is 19.9 Å². The Balaban J connectivity index is 0.000000633. The number of benzene rings is 1. The quantitative estimate of drug-likeness (QED) is 0.531. The summed E-state index contributed by atoms with van der Waals surface area (Å²) in [6.07, 6.45) is -3.85. The third kappa shape index (κ3) is 7.40. The first kappa shape index (κ1) is 27.8. The summed E-state index contributed by atoms with van der Waals surface area (Å²) in [5, 5.41) is 7.20. The number of furan rings is 1. The smallest absolute Gasteiger partial charge is 0.475 e. The molecule has 0 unspecified atom stereocenters. The molecular formula is C18H18Cl2F3NO7S. The number of esters is 1. The molecule has 0 amide bonds. The summed E-state index contributed by atoms with van der Waals surface area (Å²) < 4.78 is 68.8. The molecule has 1 aromatic heterocycles. The molecule has 0 saturated carbocycles. The molecule has 1 heterocycles. The summed E-state index contributed by atoms with van der Waals surface area (Å²) in [4.78, 5) is 20.4. The molecule has 1 aromatic carbocycles. The van der Waals surface area contributed by atoms with E-state index in [4.69, 9.17) is 42.3 Å². The predicted molar refractivity (Wildman–Crippen MR) is 108 cm³/mol. The summed E-state index contributed by atoms with van der Waals surface area (Å²) in [7, 11) is -3.94. The lowest BCUT2D eigenvalue weighted by molar-refractivity contribution is -0.192. The fourth-order valence-electron chi connectivity index (χ4n) is 2.18. The van der Waals surface area contributed by atoms with Crippen molar-refractivity contribution in [1.82, 2.24) is 4.31 Å². The average molecular weight is 520 g/mol. The molecule has 0 saturated heterocycles. The Bertz CT molecular complexity index is 1030. The van der Waals surface area contributed by atoms with Gasteiger partial charge in [0.1, 0.15) is 16.9 Å². The van der Waals surface area contributed by atoms with E-state index in [2.05, 4.69) is 0 Å². The number of carbonyl (C=O) groups excluding carboxylic acids is 1. The molecule has 0 spiro atoms. The Kier molecular flexibility index (Phi) is 10.0. The summed E-state index contributed by atoms with van der Waals surface area (Å²) in [6.45, 7) is 3.70. The van der Waals surface area contributed by atoms with E-state index >= 15 is 0 Å². The maximum atomic E-state index is 12.9. The van der Waals surface area contributed by atoms with Crippen LogP contribution in [0.5, 0.6) is 0 Å².